The van der Waals surface area contributed by atoms with Crippen LogP contribution in [0.4, 0.5) is 5.69 Å². The maximum absolute atomic E-state index is 11.3. The molecule has 1 atom stereocenters. The first-order valence-corrected chi connectivity index (χ1v) is 7.63. The first-order valence-electron chi connectivity index (χ1n) is 7.63. The van der Waals surface area contributed by atoms with Crippen LogP contribution in [0.5, 0.6) is 11.5 Å². The van der Waals surface area contributed by atoms with E-state index in [4.69, 9.17) is 9.47 Å². The number of benzene rings is 2. The molecule has 2 aromatic carbocycles. The third-order valence-electron chi connectivity index (χ3n) is 4.30. The van der Waals surface area contributed by atoms with Crippen molar-refractivity contribution in [1.29, 1.82) is 0 Å². The fourth-order valence-electron chi connectivity index (χ4n) is 3.27. The molecule has 4 rings (SSSR count). The third kappa shape index (κ3) is 2.41. The molecule has 23 heavy (non-hydrogen) atoms. The van der Waals surface area contributed by atoms with Gasteiger partial charge < -0.3 is 14.8 Å². The number of hydrogen-bond donors (Lipinski definition) is 1. The van der Waals surface area contributed by atoms with E-state index in [1.165, 1.54) is 0 Å². The molecule has 1 unspecified atom stereocenters. The number of nitrogens with zero attached hydrogens (tertiary/aromatic N) is 1. The van der Waals surface area contributed by atoms with Gasteiger partial charge in [0.25, 0.3) is 5.69 Å². The van der Waals surface area contributed by atoms with Crippen LogP contribution in [0.1, 0.15) is 22.7 Å². The maximum atomic E-state index is 11.3. The molecule has 0 aliphatic carbocycles. The van der Waals surface area contributed by atoms with E-state index in [1.54, 1.807) is 12.1 Å². The molecule has 2 aliphatic heterocycles. The SMILES string of the molecule is O=[N+]([O-])c1ccccc1C1NCCc2cc3c(cc21)OCCO3. The Morgan fingerprint density at radius 3 is 2.61 bits per heavy atom. The second-order valence-corrected chi connectivity index (χ2v) is 5.65. The predicted octanol–water partition coefficient (Wildman–Crippen LogP) is 2.60. The number of nitro benzene ring substituents is 1. The van der Waals surface area contributed by atoms with Crippen molar-refractivity contribution in [1.82, 2.24) is 5.32 Å². The number of nitro groups is 1. The molecule has 0 spiro atoms. The van der Waals surface area contributed by atoms with Crippen LogP contribution in [0.2, 0.25) is 0 Å². The number of ether oxygens (including phenoxy) is 2. The van der Waals surface area contributed by atoms with Gasteiger partial charge in [-0.3, -0.25) is 10.1 Å². The zero-order valence-electron chi connectivity index (χ0n) is 12.5. The normalized spacial score (nSPS) is 19.0. The average molecular weight is 312 g/mol. The van der Waals surface area contributed by atoms with Crippen LogP contribution in [-0.2, 0) is 6.42 Å². The van der Waals surface area contributed by atoms with Crippen LogP contribution in [0, 0.1) is 10.1 Å². The van der Waals surface area contributed by atoms with E-state index in [9.17, 15) is 10.1 Å². The molecule has 0 amide bonds. The topological polar surface area (TPSA) is 73.6 Å². The van der Waals surface area contributed by atoms with Gasteiger partial charge in [-0.1, -0.05) is 18.2 Å². The summed E-state index contributed by atoms with van der Waals surface area (Å²) in [5.41, 5.74) is 2.98. The first-order chi connectivity index (χ1) is 11.2. The zero-order valence-corrected chi connectivity index (χ0v) is 12.5. The van der Waals surface area contributed by atoms with E-state index in [1.807, 2.05) is 24.3 Å². The van der Waals surface area contributed by atoms with Crippen molar-refractivity contribution in [3.8, 4) is 11.5 Å². The molecule has 2 aromatic rings. The smallest absolute Gasteiger partial charge is 0.274 e. The molecule has 0 saturated carbocycles. The second-order valence-electron chi connectivity index (χ2n) is 5.65. The van der Waals surface area contributed by atoms with E-state index in [-0.39, 0.29) is 16.7 Å². The maximum Gasteiger partial charge on any atom is 0.274 e. The highest BCUT2D eigenvalue weighted by Crippen LogP contribution is 2.40. The van der Waals surface area contributed by atoms with Crippen LogP contribution in [0.15, 0.2) is 36.4 Å². The van der Waals surface area contributed by atoms with Gasteiger partial charge in [0.15, 0.2) is 11.5 Å². The van der Waals surface area contributed by atoms with Crippen molar-refractivity contribution in [2.75, 3.05) is 19.8 Å². The van der Waals surface area contributed by atoms with Gasteiger partial charge in [-0.15, -0.1) is 0 Å². The number of nitrogens with one attached hydrogen (secondary N) is 1. The monoisotopic (exact) mass is 312 g/mol. The van der Waals surface area contributed by atoms with Crippen molar-refractivity contribution in [2.45, 2.75) is 12.5 Å². The Labute approximate surface area is 133 Å². The average Bonchev–Trinajstić information content (AvgIpc) is 2.59. The van der Waals surface area contributed by atoms with Crippen molar-refractivity contribution < 1.29 is 14.4 Å². The summed E-state index contributed by atoms with van der Waals surface area (Å²) in [6, 6.07) is 10.6. The number of fused-ring (bicyclic) bond motifs is 2. The Kier molecular flexibility index (Phi) is 3.38. The molecule has 0 saturated heterocycles. The van der Waals surface area contributed by atoms with Gasteiger partial charge in [0, 0.05) is 12.6 Å². The predicted molar refractivity (Wildman–Crippen MR) is 84.1 cm³/mol. The van der Waals surface area contributed by atoms with Crippen LogP contribution < -0.4 is 14.8 Å². The Balaban J connectivity index is 1.83. The lowest BCUT2D eigenvalue weighted by Gasteiger charge is -2.29. The van der Waals surface area contributed by atoms with Crippen molar-refractivity contribution in [2.24, 2.45) is 0 Å². The summed E-state index contributed by atoms with van der Waals surface area (Å²) in [5.74, 6) is 1.47. The number of para-hydroxylation sites is 1. The summed E-state index contributed by atoms with van der Waals surface area (Å²) in [4.78, 5) is 11.0. The standard InChI is InChI=1S/C17H16N2O4/c20-19(21)14-4-2-1-3-12(14)17-13-10-16-15(22-7-8-23-16)9-11(13)5-6-18-17/h1-4,9-10,17-18H,5-8H2. The Bertz CT molecular complexity index is 775. The first kappa shape index (κ1) is 14.0. The lowest BCUT2D eigenvalue weighted by atomic mass is 9.88. The van der Waals surface area contributed by atoms with E-state index >= 15 is 0 Å². The minimum Gasteiger partial charge on any atom is -0.486 e. The Morgan fingerprint density at radius 2 is 1.83 bits per heavy atom. The summed E-state index contributed by atoms with van der Waals surface area (Å²) in [6.07, 6.45) is 0.864. The van der Waals surface area contributed by atoms with Gasteiger partial charge in [0.05, 0.1) is 16.5 Å². The summed E-state index contributed by atoms with van der Waals surface area (Å²) in [6.45, 7) is 1.84. The van der Waals surface area contributed by atoms with Gasteiger partial charge in [0.2, 0.25) is 0 Å². The quantitative estimate of drug-likeness (QED) is 0.681. The van der Waals surface area contributed by atoms with E-state index in [0.29, 0.717) is 24.5 Å². The number of rotatable bonds is 2. The molecule has 0 radical (unpaired) electrons. The van der Waals surface area contributed by atoms with E-state index in [2.05, 4.69) is 5.32 Å². The van der Waals surface area contributed by atoms with E-state index < -0.39 is 0 Å². The van der Waals surface area contributed by atoms with Crippen molar-refractivity contribution in [3.63, 3.8) is 0 Å². The summed E-state index contributed by atoms with van der Waals surface area (Å²) in [7, 11) is 0. The van der Waals surface area contributed by atoms with Gasteiger partial charge in [-0.05, 0) is 29.7 Å². The van der Waals surface area contributed by atoms with Crippen molar-refractivity contribution >= 4 is 5.69 Å². The third-order valence-corrected chi connectivity index (χ3v) is 4.30. The Morgan fingerprint density at radius 1 is 1.09 bits per heavy atom. The molecule has 118 valence electrons. The fraction of sp³-hybridized carbons (Fsp3) is 0.294. The summed E-state index contributed by atoms with van der Waals surface area (Å²) in [5, 5.41) is 14.7. The molecule has 0 fully saturated rings. The highest BCUT2D eigenvalue weighted by Gasteiger charge is 2.29. The Hall–Kier alpha value is -2.60. The molecule has 6 heteroatoms. The van der Waals surface area contributed by atoms with Gasteiger partial charge in [-0.2, -0.15) is 0 Å². The largest absolute Gasteiger partial charge is 0.486 e. The molecule has 0 aromatic heterocycles. The lowest BCUT2D eigenvalue weighted by Crippen LogP contribution is -2.31. The summed E-state index contributed by atoms with van der Waals surface area (Å²) < 4.78 is 11.3. The molecule has 0 bridgehead atoms. The summed E-state index contributed by atoms with van der Waals surface area (Å²) >= 11 is 0. The zero-order chi connectivity index (χ0) is 15.8. The molecular weight excluding hydrogens is 296 g/mol. The highest BCUT2D eigenvalue weighted by atomic mass is 16.6. The van der Waals surface area contributed by atoms with Crippen molar-refractivity contribution in [3.05, 3.63) is 63.2 Å². The lowest BCUT2D eigenvalue weighted by molar-refractivity contribution is -0.385. The fourth-order valence-corrected chi connectivity index (χ4v) is 3.27. The molecule has 2 aliphatic rings. The van der Waals surface area contributed by atoms with Gasteiger partial charge in [0.1, 0.15) is 13.2 Å². The highest BCUT2D eigenvalue weighted by molar-refractivity contribution is 5.54. The molecule has 6 nitrogen and oxygen atoms in total. The van der Waals surface area contributed by atoms with Crippen LogP contribution in [0.25, 0.3) is 0 Å². The minimum absolute atomic E-state index is 0.132. The van der Waals surface area contributed by atoms with Gasteiger partial charge in [-0.25, -0.2) is 0 Å². The molecule has 2 heterocycles. The van der Waals surface area contributed by atoms with Crippen LogP contribution in [-0.4, -0.2) is 24.7 Å². The van der Waals surface area contributed by atoms with E-state index in [0.717, 1.165) is 29.8 Å². The second kappa shape index (κ2) is 5.55. The number of hydrogen-bond acceptors (Lipinski definition) is 5. The molecule has 1 N–H and O–H groups in total. The minimum atomic E-state index is -0.330. The van der Waals surface area contributed by atoms with Crippen LogP contribution >= 0.6 is 0 Å². The van der Waals surface area contributed by atoms with Crippen LogP contribution in [0.3, 0.4) is 0 Å². The van der Waals surface area contributed by atoms with Gasteiger partial charge >= 0.3 is 0 Å². The molecular formula is C17H16N2O4.